The van der Waals surface area contributed by atoms with Gasteiger partial charge in [0, 0.05) is 0 Å². The van der Waals surface area contributed by atoms with Crippen LogP contribution in [-0.4, -0.2) is 0 Å². The third-order valence-corrected chi connectivity index (χ3v) is 14.8. The molecule has 0 amide bonds. The maximum Gasteiger partial charge on any atom is -1.00 e. The molecule has 0 radical (unpaired) electrons. The SMILES string of the molecule is CC1=CC=CC2[CH]([Zr+2])C3(C)C4(C)C=CC=CC4(C)C4(C)C=CC=CC4(C)C3(C)C12C.[Br-].[Br-]. The zero-order valence-electron chi connectivity index (χ0n) is 20.8. The summed E-state index contributed by atoms with van der Waals surface area (Å²) >= 11 is 1.69. The van der Waals surface area contributed by atoms with Gasteiger partial charge in [-0.3, -0.25) is 0 Å². The average Bonchev–Trinajstić information content (AvgIpc) is 2.85. The first-order valence-electron chi connectivity index (χ1n) is 11.6. The Bertz CT molecular complexity index is 1020. The van der Waals surface area contributed by atoms with Crippen molar-refractivity contribution in [1.82, 2.24) is 0 Å². The summed E-state index contributed by atoms with van der Waals surface area (Å²) in [4.78, 5) is 0. The van der Waals surface area contributed by atoms with Crippen molar-refractivity contribution in [2.75, 3.05) is 0 Å². The Balaban J connectivity index is 0.00000144. The van der Waals surface area contributed by atoms with E-state index < -0.39 is 0 Å². The van der Waals surface area contributed by atoms with Crippen LogP contribution in [0.5, 0.6) is 0 Å². The van der Waals surface area contributed by atoms with Gasteiger partial charge in [0.25, 0.3) is 0 Å². The Morgan fingerprint density at radius 1 is 0.656 bits per heavy atom. The van der Waals surface area contributed by atoms with Crippen molar-refractivity contribution in [2.45, 2.75) is 59.0 Å². The van der Waals surface area contributed by atoms with E-state index in [2.05, 4.69) is 122 Å². The predicted octanol–water partition coefficient (Wildman–Crippen LogP) is 1.79. The summed E-state index contributed by atoms with van der Waals surface area (Å²) in [7, 11) is 0. The molecule has 0 heterocycles. The fourth-order valence-electron chi connectivity index (χ4n) is 9.76. The Labute approximate surface area is 232 Å². The van der Waals surface area contributed by atoms with Crippen LogP contribution in [0.25, 0.3) is 0 Å². The topological polar surface area (TPSA) is 0 Å². The predicted molar refractivity (Wildman–Crippen MR) is 123 cm³/mol. The van der Waals surface area contributed by atoms with E-state index in [4.69, 9.17) is 0 Å². The summed E-state index contributed by atoms with van der Waals surface area (Å²) in [6, 6.07) is 0. The molecule has 0 nitrogen and oxygen atoms in total. The fraction of sp³-hybridized carbons (Fsp3) is 0.586. The normalized spacial score (nSPS) is 56.2. The van der Waals surface area contributed by atoms with Crippen molar-refractivity contribution >= 4 is 0 Å². The van der Waals surface area contributed by atoms with Crippen LogP contribution in [0.3, 0.4) is 0 Å². The van der Waals surface area contributed by atoms with Crippen LogP contribution in [0.1, 0.15) is 55.4 Å². The molecule has 0 spiro atoms. The maximum absolute atomic E-state index is 2.68. The zero-order chi connectivity index (χ0) is 22.0. The maximum atomic E-state index is 2.68. The van der Waals surface area contributed by atoms with Gasteiger partial charge in [0.05, 0.1) is 0 Å². The molecule has 9 unspecified atom stereocenters. The summed E-state index contributed by atoms with van der Waals surface area (Å²) in [5.41, 5.74) is 2.12. The van der Waals surface area contributed by atoms with Gasteiger partial charge in [-0.1, -0.05) is 0 Å². The van der Waals surface area contributed by atoms with Crippen LogP contribution < -0.4 is 34.0 Å². The van der Waals surface area contributed by atoms with Crippen molar-refractivity contribution in [1.29, 1.82) is 0 Å². The first kappa shape index (κ1) is 26.9. The second-order valence-corrected chi connectivity index (χ2v) is 13.5. The van der Waals surface area contributed by atoms with E-state index in [9.17, 15) is 0 Å². The third kappa shape index (κ3) is 2.17. The van der Waals surface area contributed by atoms with Crippen LogP contribution in [0.15, 0.2) is 72.4 Å². The number of allylic oxidation sites excluding steroid dienone is 12. The number of halogens is 2. The Morgan fingerprint density at radius 3 is 1.62 bits per heavy atom. The van der Waals surface area contributed by atoms with Crippen molar-refractivity contribution in [3.63, 3.8) is 0 Å². The van der Waals surface area contributed by atoms with Crippen LogP contribution >= 0.6 is 0 Å². The van der Waals surface area contributed by atoms with E-state index in [-0.39, 0.29) is 71.9 Å². The smallest absolute Gasteiger partial charge is 1.00 e. The molecule has 3 heteroatoms. The first-order valence-corrected chi connectivity index (χ1v) is 13.1. The van der Waals surface area contributed by atoms with Crippen molar-refractivity contribution in [2.24, 2.45) is 43.8 Å². The molecular formula is C29H37Br2Zr. The van der Waals surface area contributed by atoms with E-state index in [1.165, 1.54) is 0 Å². The average molecular weight is 637 g/mol. The number of hydrogen-bond acceptors (Lipinski definition) is 0. The molecule has 5 aliphatic carbocycles. The Morgan fingerprint density at radius 2 is 1.09 bits per heavy atom. The second kappa shape index (κ2) is 7.40. The molecule has 0 aromatic carbocycles. The van der Waals surface area contributed by atoms with Gasteiger partial charge in [0.15, 0.2) is 0 Å². The van der Waals surface area contributed by atoms with E-state index >= 15 is 0 Å². The first-order chi connectivity index (χ1) is 13.8. The monoisotopic (exact) mass is 633 g/mol. The molecule has 5 aliphatic rings. The minimum Gasteiger partial charge on any atom is -1.00 e. The molecule has 0 aromatic rings. The number of rotatable bonds is 0. The van der Waals surface area contributed by atoms with Crippen LogP contribution in [-0.2, 0) is 24.7 Å². The van der Waals surface area contributed by atoms with Crippen LogP contribution in [0, 0.1) is 43.8 Å². The zero-order valence-corrected chi connectivity index (χ0v) is 26.4. The third-order valence-electron chi connectivity index (χ3n) is 12.5. The standard InChI is InChI=1S/C29H37.2BrH.Zr/c1-21-14-13-15-22-20-27(6)25(4)18-10-9-16-23(25,2)24(3)17-11-12-19-26(24,5)29(27,8)28(21,22)7;;;/h9-20,22H,1-8H3;2*1H;/q;;;+2/p-2. The number of fused-ring (bicyclic) bond motifs is 8. The van der Waals surface area contributed by atoms with E-state index in [0.29, 0.717) is 9.54 Å². The molecule has 5 rings (SSSR count). The van der Waals surface area contributed by atoms with E-state index in [1.807, 2.05) is 0 Å². The minimum absolute atomic E-state index is 0. The molecule has 2 saturated carbocycles. The molecule has 0 aromatic heterocycles. The van der Waals surface area contributed by atoms with Gasteiger partial charge in [0.2, 0.25) is 0 Å². The summed E-state index contributed by atoms with van der Waals surface area (Å²) < 4.78 is 0.667. The molecule has 0 N–H and O–H groups in total. The summed E-state index contributed by atoms with van der Waals surface area (Å²) in [6.45, 7) is 20.7. The van der Waals surface area contributed by atoms with Crippen LogP contribution in [0.4, 0.5) is 0 Å². The molecule has 9 atom stereocenters. The molecule has 171 valence electrons. The van der Waals surface area contributed by atoms with Gasteiger partial charge < -0.3 is 34.0 Å². The van der Waals surface area contributed by atoms with Gasteiger partial charge in [-0.05, 0) is 0 Å². The van der Waals surface area contributed by atoms with Gasteiger partial charge in [0.1, 0.15) is 0 Å². The van der Waals surface area contributed by atoms with Gasteiger partial charge in [-0.25, -0.2) is 0 Å². The van der Waals surface area contributed by atoms with E-state index in [0.717, 1.165) is 0 Å². The molecule has 0 saturated heterocycles. The largest absolute Gasteiger partial charge is 1.00 e. The van der Waals surface area contributed by atoms with Gasteiger partial charge in [-0.15, -0.1) is 0 Å². The molecule has 2 fully saturated rings. The fourth-order valence-corrected chi connectivity index (χ4v) is 12.3. The van der Waals surface area contributed by atoms with E-state index in [1.54, 1.807) is 30.3 Å². The molecule has 0 aliphatic heterocycles. The minimum atomic E-state index is 0. The summed E-state index contributed by atoms with van der Waals surface area (Å²) in [5.74, 6) is 0.592. The van der Waals surface area contributed by atoms with Crippen molar-refractivity contribution < 1.29 is 58.7 Å². The molecular weight excluding hydrogens is 599 g/mol. The summed E-state index contributed by atoms with van der Waals surface area (Å²) in [5, 5.41) is 0. The second-order valence-electron chi connectivity index (χ2n) is 12.0. The van der Waals surface area contributed by atoms with Gasteiger partial charge in [-0.2, -0.15) is 0 Å². The Hall–Kier alpha value is 0.283. The number of hydrogen-bond donors (Lipinski definition) is 0. The quantitative estimate of drug-likeness (QED) is 0.381. The molecule has 0 bridgehead atoms. The molecule has 32 heavy (non-hydrogen) atoms. The van der Waals surface area contributed by atoms with Crippen molar-refractivity contribution in [3.05, 3.63) is 72.4 Å². The Kier molecular flexibility index (Phi) is 6.21. The summed E-state index contributed by atoms with van der Waals surface area (Å²) in [6.07, 6.45) is 27.0. The van der Waals surface area contributed by atoms with Crippen molar-refractivity contribution in [3.8, 4) is 0 Å². The van der Waals surface area contributed by atoms with Gasteiger partial charge >= 0.3 is 200 Å². The van der Waals surface area contributed by atoms with Crippen LogP contribution in [0.2, 0.25) is 3.63 Å².